The van der Waals surface area contributed by atoms with Gasteiger partial charge in [0.15, 0.2) is 0 Å². The van der Waals surface area contributed by atoms with Crippen LogP contribution in [0.25, 0.3) is 11.1 Å². The number of hydrogen-bond acceptors (Lipinski definition) is 0. The second-order valence-corrected chi connectivity index (χ2v) is 9.44. The molecule has 0 aliphatic heterocycles. The van der Waals surface area contributed by atoms with Crippen molar-refractivity contribution in [1.82, 2.24) is 0 Å². The lowest BCUT2D eigenvalue weighted by atomic mass is 9.75. The van der Waals surface area contributed by atoms with Crippen LogP contribution in [0.1, 0.15) is 97.9 Å². The van der Waals surface area contributed by atoms with Crippen LogP contribution in [-0.4, -0.2) is 0 Å². The van der Waals surface area contributed by atoms with E-state index in [2.05, 4.69) is 83.1 Å². The highest BCUT2D eigenvalue weighted by molar-refractivity contribution is 5.73. The van der Waals surface area contributed by atoms with Crippen LogP contribution in [0.15, 0.2) is 48.5 Å². The Morgan fingerprint density at radius 1 is 0.758 bits per heavy atom. The smallest absolute Gasteiger partial charge is 0.0116 e. The van der Waals surface area contributed by atoms with Gasteiger partial charge in [0.25, 0.3) is 0 Å². The van der Waals surface area contributed by atoms with Crippen molar-refractivity contribution in [3.8, 4) is 11.1 Å². The molecule has 33 heavy (non-hydrogen) atoms. The van der Waals surface area contributed by atoms with Crippen LogP contribution in [-0.2, 0) is 32.1 Å². The molecule has 4 rings (SSSR count). The molecule has 0 spiro atoms. The number of rotatable bonds is 6. The van der Waals surface area contributed by atoms with Gasteiger partial charge < -0.3 is 0 Å². The van der Waals surface area contributed by atoms with Crippen LogP contribution >= 0.6 is 0 Å². The second kappa shape index (κ2) is 11.7. The Labute approximate surface area is 203 Å². The average Bonchev–Trinajstić information content (AvgIpc) is 2.86. The Kier molecular flexibility index (Phi) is 8.95. The summed E-state index contributed by atoms with van der Waals surface area (Å²) in [5.41, 5.74) is 15.2. The first kappa shape index (κ1) is 25.3. The van der Waals surface area contributed by atoms with Gasteiger partial charge in [-0.2, -0.15) is 0 Å². The fourth-order valence-corrected chi connectivity index (χ4v) is 5.73. The number of benzene rings is 3. The third-order valence-corrected chi connectivity index (χ3v) is 7.40. The van der Waals surface area contributed by atoms with Crippen molar-refractivity contribution in [1.29, 1.82) is 0 Å². The van der Waals surface area contributed by atoms with Crippen molar-refractivity contribution in [3.05, 3.63) is 93.0 Å². The van der Waals surface area contributed by atoms with Gasteiger partial charge in [-0.25, -0.2) is 0 Å². The minimum absolute atomic E-state index is 0.653. The van der Waals surface area contributed by atoms with Crippen LogP contribution in [0, 0.1) is 13.8 Å². The van der Waals surface area contributed by atoms with Gasteiger partial charge in [0, 0.05) is 0 Å². The summed E-state index contributed by atoms with van der Waals surface area (Å²) in [7, 11) is 0. The molecule has 1 atom stereocenters. The first-order valence-electron chi connectivity index (χ1n) is 13.4. The van der Waals surface area contributed by atoms with Crippen molar-refractivity contribution in [2.45, 2.75) is 99.3 Å². The lowest BCUT2D eigenvalue weighted by Gasteiger charge is -2.30. The zero-order valence-electron chi connectivity index (χ0n) is 22.1. The van der Waals surface area contributed by atoms with Gasteiger partial charge in [-0.1, -0.05) is 88.7 Å². The van der Waals surface area contributed by atoms with E-state index in [9.17, 15) is 0 Å². The molecule has 1 aliphatic rings. The molecule has 0 fully saturated rings. The van der Waals surface area contributed by atoms with Crippen LogP contribution in [0.3, 0.4) is 0 Å². The van der Waals surface area contributed by atoms with E-state index >= 15 is 0 Å². The van der Waals surface area contributed by atoms with Gasteiger partial charge in [-0.3, -0.25) is 0 Å². The highest BCUT2D eigenvalue weighted by Crippen LogP contribution is 2.41. The third kappa shape index (κ3) is 5.43. The van der Waals surface area contributed by atoms with Crippen molar-refractivity contribution < 1.29 is 0 Å². The quantitative estimate of drug-likeness (QED) is 0.358. The van der Waals surface area contributed by atoms with E-state index in [1.54, 1.807) is 16.7 Å². The highest BCUT2D eigenvalue weighted by Gasteiger charge is 2.25. The van der Waals surface area contributed by atoms with Gasteiger partial charge in [-0.05, 0) is 115 Å². The van der Waals surface area contributed by atoms with E-state index in [0.717, 1.165) is 19.3 Å². The Balaban J connectivity index is 0.00000149. The van der Waals surface area contributed by atoms with E-state index in [0.29, 0.717) is 5.92 Å². The summed E-state index contributed by atoms with van der Waals surface area (Å²) < 4.78 is 0. The normalized spacial score (nSPS) is 14.9. The summed E-state index contributed by atoms with van der Waals surface area (Å²) in [6.07, 6.45) is 8.35. The Hall–Kier alpha value is -2.34. The van der Waals surface area contributed by atoms with Crippen molar-refractivity contribution in [2.24, 2.45) is 0 Å². The largest absolute Gasteiger partial charge is 0.0683 e. The van der Waals surface area contributed by atoms with Gasteiger partial charge in [0.05, 0.1) is 0 Å². The van der Waals surface area contributed by atoms with Gasteiger partial charge in [0.1, 0.15) is 0 Å². The molecule has 176 valence electrons. The van der Waals surface area contributed by atoms with E-state index in [4.69, 9.17) is 0 Å². The predicted octanol–water partition coefficient (Wildman–Crippen LogP) is 9.35. The first-order chi connectivity index (χ1) is 16.0. The van der Waals surface area contributed by atoms with E-state index in [1.807, 2.05) is 13.8 Å². The number of hydrogen-bond donors (Lipinski definition) is 0. The molecular formula is C33H44. The van der Waals surface area contributed by atoms with Gasteiger partial charge in [-0.15, -0.1) is 0 Å². The van der Waals surface area contributed by atoms with Crippen molar-refractivity contribution in [2.75, 3.05) is 0 Å². The molecule has 3 aromatic carbocycles. The van der Waals surface area contributed by atoms with Gasteiger partial charge in [0.2, 0.25) is 0 Å². The van der Waals surface area contributed by atoms with Crippen LogP contribution < -0.4 is 0 Å². The molecule has 0 heterocycles. The lowest BCUT2D eigenvalue weighted by molar-refractivity contribution is 0.545. The Morgan fingerprint density at radius 3 is 2.06 bits per heavy atom. The standard InChI is InChI=1S/C31H38.C2H6/c1-6-23-11-9-12-24(7-2)30(23)29-18-25(8-3)31-26(13-10-14-27(31)20-29)19-28-17-21(4)15-16-22(28)5;1-2/h9,11-12,15-18,20,26H,6-8,10,13-14,19H2,1-5H3;1-2H3. The van der Waals surface area contributed by atoms with E-state index in [-0.39, 0.29) is 0 Å². The molecule has 0 N–H and O–H groups in total. The zero-order chi connectivity index (χ0) is 24.0. The summed E-state index contributed by atoms with van der Waals surface area (Å²) in [5, 5.41) is 0. The molecule has 0 nitrogen and oxygen atoms in total. The average molecular weight is 441 g/mol. The predicted molar refractivity (Wildman–Crippen MR) is 147 cm³/mol. The van der Waals surface area contributed by atoms with Crippen LogP contribution in [0.2, 0.25) is 0 Å². The Bertz CT molecular complexity index is 1030. The maximum absolute atomic E-state index is 2.55. The third-order valence-electron chi connectivity index (χ3n) is 7.40. The minimum atomic E-state index is 0.653. The molecule has 0 saturated heterocycles. The monoisotopic (exact) mass is 440 g/mol. The van der Waals surface area contributed by atoms with Crippen LogP contribution in [0.5, 0.6) is 0 Å². The fraction of sp³-hybridized carbons (Fsp3) is 0.455. The van der Waals surface area contributed by atoms with Crippen LogP contribution in [0.4, 0.5) is 0 Å². The first-order valence-corrected chi connectivity index (χ1v) is 13.4. The maximum Gasteiger partial charge on any atom is -0.0116 e. The molecule has 0 radical (unpaired) electrons. The summed E-state index contributed by atoms with van der Waals surface area (Å²) in [4.78, 5) is 0. The summed E-state index contributed by atoms with van der Waals surface area (Å²) in [6, 6.07) is 18.9. The second-order valence-electron chi connectivity index (χ2n) is 9.44. The molecule has 0 saturated carbocycles. The molecule has 3 aromatic rings. The lowest BCUT2D eigenvalue weighted by Crippen LogP contribution is -2.16. The molecule has 0 amide bonds. The summed E-state index contributed by atoms with van der Waals surface area (Å²) in [5.74, 6) is 0.653. The topological polar surface area (TPSA) is 0 Å². The minimum Gasteiger partial charge on any atom is -0.0683 e. The zero-order valence-corrected chi connectivity index (χ0v) is 22.1. The maximum atomic E-state index is 2.55. The fourth-order valence-electron chi connectivity index (χ4n) is 5.73. The summed E-state index contributed by atoms with van der Waals surface area (Å²) >= 11 is 0. The molecular weight excluding hydrogens is 396 g/mol. The molecule has 1 aliphatic carbocycles. The van der Waals surface area contributed by atoms with Gasteiger partial charge >= 0.3 is 0 Å². The molecule has 0 aromatic heterocycles. The van der Waals surface area contributed by atoms with Crippen molar-refractivity contribution in [3.63, 3.8) is 0 Å². The molecule has 0 bridgehead atoms. The summed E-state index contributed by atoms with van der Waals surface area (Å²) in [6.45, 7) is 15.4. The molecule has 1 unspecified atom stereocenters. The molecule has 0 heteroatoms. The highest BCUT2D eigenvalue weighted by atomic mass is 14.3. The van der Waals surface area contributed by atoms with E-state index in [1.165, 1.54) is 64.6 Å². The number of fused-ring (bicyclic) bond motifs is 1. The van der Waals surface area contributed by atoms with E-state index < -0.39 is 0 Å². The van der Waals surface area contributed by atoms with Crippen molar-refractivity contribution >= 4 is 0 Å². The Morgan fingerprint density at radius 2 is 1.42 bits per heavy atom. The number of aryl methyl sites for hydroxylation is 6. The SMILES string of the molecule is CC.CCc1cccc(CC)c1-c1cc(CC)c2c(c1)CCCC2Cc1cc(C)ccc1C.